The molecule has 0 fully saturated rings. The number of carbonyl (C=O) groups excluding carboxylic acids is 4. The zero-order chi connectivity index (χ0) is 23.8. The minimum atomic E-state index is -1.10. The van der Waals surface area contributed by atoms with Gasteiger partial charge in [-0.1, -0.05) is 50.2 Å². The molecular formula is C24H28N4O5. The maximum Gasteiger partial charge on any atom is 0.408 e. The van der Waals surface area contributed by atoms with Gasteiger partial charge in [0.15, 0.2) is 0 Å². The van der Waals surface area contributed by atoms with Crippen LogP contribution >= 0.6 is 0 Å². The molecule has 0 aliphatic carbocycles. The van der Waals surface area contributed by atoms with E-state index in [4.69, 9.17) is 4.74 Å². The molecule has 0 saturated heterocycles. The van der Waals surface area contributed by atoms with Crippen molar-refractivity contribution >= 4 is 23.7 Å². The van der Waals surface area contributed by atoms with Gasteiger partial charge in [0.2, 0.25) is 11.7 Å². The number of benzene rings is 1. The summed E-state index contributed by atoms with van der Waals surface area (Å²) in [5, 5.41) is 7.77. The van der Waals surface area contributed by atoms with Crippen molar-refractivity contribution < 1.29 is 23.9 Å². The molecule has 33 heavy (non-hydrogen) atoms. The summed E-state index contributed by atoms with van der Waals surface area (Å²) in [7, 11) is 0. The maximum absolute atomic E-state index is 13.0. The number of hydrogen-bond donors (Lipinski definition) is 3. The number of fused-ring (bicyclic) bond motifs is 1. The second kappa shape index (κ2) is 11.2. The van der Waals surface area contributed by atoms with Gasteiger partial charge in [-0.2, -0.15) is 0 Å². The minimum absolute atomic E-state index is 0.0584. The van der Waals surface area contributed by atoms with Gasteiger partial charge in [-0.3, -0.25) is 19.4 Å². The summed E-state index contributed by atoms with van der Waals surface area (Å²) in [6.45, 7) is 3.88. The van der Waals surface area contributed by atoms with Crippen LogP contribution in [-0.4, -0.2) is 47.3 Å². The summed E-state index contributed by atoms with van der Waals surface area (Å²) in [4.78, 5) is 54.6. The van der Waals surface area contributed by atoms with E-state index in [1.54, 1.807) is 26.1 Å². The van der Waals surface area contributed by atoms with Crippen LogP contribution in [0.1, 0.15) is 30.7 Å². The van der Waals surface area contributed by atoms with Gasteiger partial charge < -0.3 is 20.7 Å². The van der Waals surface area contributed by atoms with E-state index in [0.717, 1.165) is 11.1 Å². The molecule has 1 aliphatic rings. The first kappa shape index (κ1) is 23.9. The Morgan fingerprint density at radius 2 is 1.91 bits per heavy atom. The third-order valence-corrected chi connectivity index (χ3v) is 5.35. The minimum Gasteiger partial charge on any atom is -0.445 e. The van der Waals surface area contributed by atoms with E-state index in [2.05, 4.69) is 20.9 Å². The fraction of sp³-hybridized carbons (Fsp3) is 0.375. The monoisotopic (exact) mass is 452 g/mol. The van der Waals surface area contributed by atoms with Crippen molar-refractivity contribution in [2.24, 2.45) is 5.92 Å². The molecule has 0 radical (unpaired) electrons. The summed E-state index contributed by atoms with van der Waals surface area (Å²) < 4.78 is 5.22. The van der Waals surface area contributed by atoms with Gasteiger partial charge in [0.1, 0.15) is 18.7 Å². The van der Waals surface area contributed by atoms with Gasteiger partial charge in [0.25, 0.3) is 5.91 Å². The Hall–Kier alpha value is -3.75. The van der Waals surface area contributed by atoms with Crippen LogP contribution in [0.15, 0.2) is 48.7 Å². The Bertz CT molecular complexity index is 1010. The highest BCUT2D eigenvalue weighted by atomic mass is 16.5. The lowest BCUT2D eigenvalue weighted by atomic mass is 9.99. The number of ether oxygens (including phenoxy) is 1. The fourth-order valence-corrected chi connectivity index (χ4v) is 3.53. The van der Waals surface area contributed by atoms with E-state index < -0.39 is 35.8 Å². The Morgan fingerprint density at radius 3 is 2.64 bits per heavy atom. The Kier molecular flexibility index (Phi) is 8.12. The molecule has 2 aromatic rings. The van der Waals surface area contributed by atoms with Crippen LogP contribution in [0, 0.1) is 5.92 Å². The van der Waals surface area contributed by atoms with Crippen molar-refractivity contribution in [2.75, 3.05) is 6.54 Å². The van der Waals surface area contributed by atoms with Gasteiger partial charge in [0.05, 0.1) is 0 Å². The molecule has 9 nitrogen and oxygen atoms in total. The van der Waals surface area contributed by atoms with Gasteiger partial charge in [0, 0.05) is 24.9 Å². The number of amides is 3. The van der Waals surface area contributed by atoms with Crippen LogP contribution in [0.3, 0.4) is 0 Å². The van der Waals surface area contributed by atoms with Crippen molar-refractivity contribution in [3.05, 3.63) is 65.5 Å². The third-order valence-electron chi connectivity index (χ3n) is 5.35. The fourth-order valence-electron chi connectivity index (χ4n) is 3.53. The summed E-state index contributed by atoms with van der Waals surface area (Å²) >= 11 is 0. The van der Waals surface area contributed by atoms with Crippen molar-refractivity contribution in [1.29, 1.82) is 0 Å². The van der Waals surface area contributed by atoms with Crippen molar-refractivity contribution in [3.8, 4) is 0 Å². The Labute approximate surface area is 192 Å². The number of aromatic nitrogens is 1. The molecule has 0 spiro atoms. The number of nitrogens with one attached hydrogen (secondary N) is 3. The molecule has 1 aromatic carbocycles. The number of carbonyl (C=O) groups is 4. The molecule has 1 aliphatic heterocycles. The van der Waals surface area contributed by atoms with E-state index in [1.807, 2.05) is 36.4 Å². The molecule has 1 aromatic heterocycles. The van der Waals surface area contributed by atoms with Crippen LogP contribution < -0.4 is 16.0 Å². The van der Waals surface area contributed by atoms with E-state index in [-0.39, 0.29) is 18.9 Å². The zero-order valence-electron chi connectivity index (χ0n) is 18.7. The van der Waals surface area contributed by atoms with E-state index in [9.17, 15) is 19.2 Å². The van der Waals surface area contributed by atoms with Gasteiger partial charge in [-0.05, 0) is 29.5 Å². The smallest absolute Gasteiger partial charge is 0.408 e. The van der Waals surface area contributed by atoms with E-state index in [1.165, 1.54) is 0 Å². The number of hydrogen-bond acceptors (Lipinski definition) is 6. The number of ketones is 1. The number of Topliss-reactive ketones (excluding diaryl/α,β-unsaturated/α-hetero) is 1. The molecule has 2 unspecified atom stereocenters. The standard InChI is InChI=1S/C24H28N4O5/c1-15(2)20(28-24(32)33-14-16-7-4-3-5-8-16)22(30)27-19-13-18-17(9-6-11-25-18)10-12-26-23(31)21(19)29/h3-9,11,15,19-20H,10,12-14H2,1-2H3,(H,26,31)(H,27,30)(H,28,32). The molecule has 3 rings (SSSR count). The lowest BCUT2D eigenvalue weighted by molar-refractivity contribution is -0.140. The SMILES string of the molecule is CC(C)C(NC(=O)OCc1ccccc1)C(=O)NC1Cc2ncccc2CCNC(=O)C1=O. The average Bonchev–Trinajstić information content (AvgIpc) is 2.86. The second-order valence-electron chi connectivity index (χ2n) is 8.17. The molecule has 0 bridgehead atoms. The lowest BCUT2D eigenvalue weighted by Gasteiger charge is -2.24. The van der Waals surface area contributed by atoms with Gasteiger partial charge >= 0.3 is 6.09 Å². The van der Waals surface area contributed by atoms with Crippen molar-refractivity contribution in [3.63, 3.8) is 0 Å². The number of rotatable bonds is 6. The Balaban J connectivity index is 1.69. The normalized spacial score (nSPS) is 17.0. The number of nitrogens with zero attached hydrogens (tertiary/aromatic N) is 1. The molecule has 3 N–H and O–H groups in total. The molecular weight excluding hydrogens is 424 g/mol. The second-order valence-corrected chi connectivity index (χ2v) is 8.17. The van der Waals surface area contributed by atoms with Crippen LogP contribution in [0.4, 0.5) is 4.79 Å². The average molecular weight is 453 g/mol. The highest BCUT2D eigenvalue weighted by Gasteiger charge is 2.33. The molecule has 174 valence electrons. The summed E-state index contributed by atoms with van der Waals surface area (Å²) in [5.41, 5.74) is 2.35. The highest BCUT2D eigenvalue weighted by Crippen LogP contribution is 2.12. The van der Waals surface area contributed by atoms with Gasteiger partial charge in [-0.15, -0.1) is 0 Å². The number of pyridine rings is 1. The zero-order valence-corrected chi connectivity index (χ0v) is 18.7. The van der Waals surface area contributed by atoms with Crippen LogP contribution in [-0.2, 0) is 38.6 Å². The van der Waals surface area contributed by atoms with Crippen LogP contribution in [0.2, 0.25) is 0 Å². The first-order valence-corrected chi connectivity index (χ1v) is 10.9. The molecule has 2 heterocycles. The van der Waals surface area contributed by atoms with Crippen LogP contribution in [0.5, 0.6) is 0 Å². The predicted octanol–water partition coefficient (Wildman–Crippen LogP) is 1.30. The first-order chi connectivity index (χ1) is 15.8. The quantitative estimate of drug-likeness (QED) is 0.567. The van der Waals surface area contributed by atoms with Gasteiger partial charge in [-0.25, -0.2) is 4.79 Å². The number of alkyl carbamates (subject to hydrolysis) is 1. The molecule has 0 saturated carbocycles. The van der Waals surface area contributed by atoms with E-state index in [0.29, 0.717) is 18.7 Å². The van der Waals surface area contributed by atoms with Crippen molar-refractivity contribution in [2.45, 2.75) is 45.4 Å². The van der Waals surface area contributed by atoms with E-state index >= 15 is 0 Å². The summed E-state index contributed by atoms with van der Waals surface area (Å²) in [6.07, 6.45) is 1.47. The molecule has 3 amide bonds. The highest BCUT2D eigenvalue weighted by molar-refractivity contribution is 6.38. The Morgan fingerprint density at radius 1 is 1.15 bits per heavy atom. The first-order valence-electron chi connectivity index (χ1n) is 10.9. The molecule has 9 heteroatoms. The largest absolute Gasteiger partial charge is 0.445 e. The van der Waals surface area contributed by atoms with Crippen molar-refractivity contribution in [1.82, 2.24) is 20.9 Å². The topological polar surface area (TPSA) is 126 Å². The third kappa shape index (κ3) is 6.61. The summed E-state index contributed by atoms with van der Waals surface area (Å²) in [6, 6.07) is 10.8. The predicted molar refractivity (Wildman–Crippen MR) is 120 cm³/mol. The summed E-state index contributed by atoms with van der Waals surface area (Å²) in [5.74, 6) is -2.38. The lowest BCUT2D eigenvalue weighted by Crippen LogP contribution is -2.56. The maximum atomic E-state index is 13.0. The molecule has 2 atom stereocenters. The van der Waals surface area contributed by atoms with Crippen LogP contribution in [0.25, 0.3) is 0 Å².